The molecule has 0 aromatic heterocycles. The minimum atomic E-state index is -1.38. The Bertz CT molecular complexity index is 686. The number of aliphatic carboxylic acids is 1. The van der Waals surface area contributed by atoms with E-state index in [0.29, 0.717) is 16.6 Å². The van der Waals surface area contributed by atoms with Crippen LogP contribution in [0, 0.1) is 0 Å². The molecule has 0 radical (unpaired) electrons. The summed E-state index contributed by atoms with van der Waals surface area (Å²) in [6.45, 7) is 2.30. The number of likely N-dealkylation sites (N-methyl/N-ethyl adjacent to an activating group) is 1. The molecule has 0 aliphatic carbocycles. The molecule has 0 aromatic carbocycles. The molecule has 3 heterocycles. The average Bonchev–Trinajstić information content (AvgIpc) is 3.00. The number of hydrogen-bond donors (Lipinski definition) is 1. The van der Waals surface area contributed by atoms with E-state index in [-0.39, 0.29) is 23.4 Å². The Morgan fingerprint density at radius 2 is 2.15 bits per heavy atom. The van der Waals surface area contributed by atoms with Crippen molar-refractivity contribution in [2.75, 3.05) is 33.8 Å². The van der Waals surface area contributed by atoms with Gasteiger partial charge in [0.1, 0.15) is 25.2 Å². The molecule has 0 saturated carbocycles. The molecule has 0 bridgehead atoms. The van der Waals surface area contributed by atoms with Gasteiger partial charge in [-0.05, 0) is 0 Å². The number of hydrogen-bond acceptors (Lipinski definition) is 7. The number of nitrogens with zero attached hydrogens (tertiary/aromatic N) is 3. The van der Waals surface area contributed by atoms with Crippen LogP contribution in [-0.4, -0.2) is 77.9 Å². The van der Waals surface area contributed by atoms with Crippen LogP contribution in [0.1, 0.15) is 19.3 Å². The van der Waals surface area contributed by atoms with Crippen LogP contribution in [0.4, 0.5) is 0 Å². The Kier molecular flexibility index (Phi) is 5.24. The third-order valence-electron chi connectivity index (χ3n) is 5.00. The minimum absolute atomic E-state index is 0.0924. The summed E-state index contributed by atoms with van der Waals surface area (Å²) in [5.41, 5.74) is 0.424. The van der Waals surface area contributed by atoms with Gasteiger partial charge < -0.3 is 24.5 Å². The molecule has 0 aromatic rings. The summed E-state index contributed by atoms with van der Waals surface area (Å²) < 4.78 is 0.678. The van der Waals surface area contributed by atoms with E-state index in [9.17, 15) is 19.5 Å². The lowest BCUT2D eigenvalue weighted by molar-refractivity contribution is -0.893. The molecule has 9 nitrogen and oxygen atoms in total. The molecule has 26 heavy (non-hydrogen) atoms. The summed E-state index contributed by atoms with van der Waals surface area (Å²) in [4.78, 5) is 41.7. The summed E-state index contributed by atoms with van der Waals surface area (Å²) in [5.74, 6) is -2.09. The van der Waals surface area contributed by atoms with Gasteiger partial charge in [-0.2, -0.15) is 0 Å². The number of quaternary nitrogens is 1. The Balaban J connectivity index is 1.94. The van der Waals surface area contributed by atoms with Crippen molar-refractivity contribution < 1.29 is 28.8 Å². The summed E-state index contributed by atoms with van der Waals surface area (Å²) in [7, 11) is 3.39. The van der Waals surface area contributed by atoms with Gasteiger partial charge in [-0.1, -0.05) is 5.16 Å². The zero-order valence-electron chi connectivity index (χ0n) is 14.8. The first-order chi connectivity index (χ1) is 12.3. The molecule has 1 N–H and O–H groups in total. The quantitative estimate of drug-likeness (QED) is 0.262. The maximum absolute atomic E-state index is 12.1. The van der Waals surface area contributed by atoms with Crippen molar-refractivity contribution in [1.82, 2.24) is 10.2 Å². The molecule has 142 valence electrons. The van der Waals surface area contributed by atoms with E-state index in [2.05, 4.69) is 22.4 Å². The highest BCUT2D eigenvalue weighted by Gasteiger charge is 2.48. The fourth-order valence-electron chi connectivity index (χ4n) is 3.73. The van der Waals surface area contributed by atoms with Gasteiger partial charge in [0, 0.05) is 18.4 Å². The van der Waals surface area contributed by atoms with Crippen molar-refractivity contribution in [3.8, 4) is 0 Å². The predicted molar refractivity (Wildman–Crippen MR) is 92.3 cm³/mol. The molecule has 0 spiro atoms. The normalized spacial score (nSPS) is 27.3. The van der Waals surface area contributed by atoms with Crippen LogP contribution in [0.15, 0.2) is 16.4 Å². The number of likely N-dealkylation sites (tertiary alicyclic amines) is 1. The second-order valence-electron chi connectivity index (χ2n) is 6.96. The molecule has 1 unspecified atom stereocenters. The van der Waals surface area contributed by atoms with Gasteiger partial charge in [0.2, 0.25) is 5.91 Å². The number of β-lactam (4-membered cyclic amide) rings is 1. The van der Waals surface area contributed by atoms with Gasteiger partial charge >= 0.3 is 0 Å². The van der Waals surface area contributed by atoms with Crippen LogP contribution >= 0.6 is 11.8 Å². The first-order valence-corrected chi connectivity index (χ1v) is 9.41. The number of carbonyl (C=O) groups is 3. The lowest BCUT2D eigenvalue weighted by Gasteiger charge is -2.49. The van der Waals surface area contributed by atoms with Crippen LogP contribution in [0.2, 0.25) is 0 Å². The van der Waals surface area contributed by atoms with Crippen molar-refractivity contribution in [1.29, 1.82) is 0 Å². The van der Waals surface area contributed by atoms with Gasteiger partial charge in [-0.25, -0.2) is 0 Å². The smallest absolute Gasteiger partial charge is 0.266 e. The maximum Gasteiger partial charge on any atom is 0.266 e. The molecule has 3 rings (SSSR count). The van der Waals surface area contributed by atoms with Crippen LogP contribution < -0.4 is 10.4 Å². The number of carbonyl (C=O) groups excluding carboxylic acids is 3. The maximum atomic E-state index is 12.1. The lowest BCUT2D eigenvalue weighted by Crippen LogP contribution is -2.60. The van der Waals surface area contributed by atoms with Crippen LogP contribution in [0.3, 0.4) is 0 Å². The van der Waals surface area contributed by atoms with Crippen LogP contribution in [0.5, 0.6) is 0 Å². The second-order valence-corrected chi connectivity index (χ2v) is 8.25. The Hall–Kier alpha value is -2.07. The van der Waals surface area contributed by atoms with Gasteiger partial charge in [0.15, 0.2) is 0 Å². The van der Waals surface area contributed by atoms with E-state index >= 15 is 0 Å². The van der Waals surface area contributed by atoms with Gasteiger partial charge in [-0.15, -0.1) is 11.8 Å². The number of fused-ring (bicyclic) bond motifs is 1. The fraction of sp³-hybridized carbons (Fsp3) is 0.625. The SMILES string of the molecule is CO/N=C\C(=O)NC1S[C@@H]2CC(=O)N2C(C(=O)[O-])=C1C[N+]1(C)CCCC1. The highest BCUT2D eigenvalue weighted by Crippen LogP contribution is 2.43. The van der Waals surface area contributed by atoms with Crippen molar-refractivity contribution >= 4 is 35.8 Å². The third kappa shape index (κ3) is 3.56. The fourth-order valence-corrected chi connectivity index (χ4v) is 5.16. The number of carboxylic acid groups (broad SMARTS) is 1. The molecule has 2 atom stereocenters. The third-order valence-corrected chi connectivity index (χ3v) is 6.37. The number of amides is 2. The first kappa shape index (κ1) is 18.7. The van der Waals surface area contributed by atoms with Crippen LogP contribution in [-0.2, 0) is 19.2 Å². The van der Waals surface area contributed by atoms with Gasteiger partial charge in [-0.3, -0.25) is 14.5 Å². The molecule has 2 amide bonds. The molecule has 2 saturated heterocycles. The van der Waals surface area contributed by atoms with Gasteiger partial charge in [0.25, 0.3) is 5.91 Å². The van der Waals surface area contributed by atoms with E-state index < -0.39 is 17.3 Å². The summed E-state index contributed by atoms with van der Waals surface area (Å²) in [5, 5.41) is 17.2. The number of carboxylic acids is 1. The molecule has 10 heteroatoms. The van der Waals surface area contributed by atoms with Crippen molar-refractivity contribution in [3.05, 3.63) is 11.3 Å². The molecular weight excluding hydrogens is 360 g/mol. The van der Waals surface area contributed by atoms with E-state index in [4.69, 9.17) is 0 Å². The minimum Gasteiger partial charge on any atom is -0.543 e. The van der Waals surface area contributed by atoms with E-state index in [1.165, 1.54) is 23.8 Å². The first-order valence-electron chi connectivity index (χ1n) is 8.47. The zero-order valence-corrected chi connectivity index (χ0v) is 15.6. The average molecular weight is 382 g/mol. The largest absolute Gasteiger partial charge is 0.543 e. The summed E-state index contributed by atoms with van der Waals surface area (Å²) in [6.07, 6.45) is 3.39. The predicted octanol–water partition coefficient (Wildman–Crippen LogP) is -1.39. The number of oxime groups is 1. The van der Waals surface area contributed by atoms with E-state index in [1.807, 2.05) is 0 Å². The van der Waals surface area contributed by atoms with Crippen molar-refractivity contribution in [2.45, 2.75) is 30.0 Å². The number of rotatable bonds is 6. The summed E-state index contributed by atoms with van der Waals surface area (Å²) in [6, 6.07) is 0. The Morgan fingerprint density at radius 3 is 2.73 bits per heavy atom. The van der Waals surface area contributed by atoms with Gasteiger partial charge in [0.05, 0.1) is 43.6 Å². The highest BCUT2D eigenvalue weighted by atomic mass is 32.2. The molecule has 3 aliphatic heterocycles. The molecular formula is C16H22N4O5S. The van der Waals surface area contributed by atoms with E-state index in [0.717, 1.165) is 32.1 Å². The summed E-state index contributed by atoms with van der Waals surface area (Å²) >= 11 is 1.37. The Labute approximate surface area is 155 Å². The standard InChI is InChI=1S/C16H22N4O5S/c1-20(5-3-4-6-20)9-10-14(16(23)24)19-12(22)7-13(19)26-15(10)18-11(21)8-17-25-2/h8,13,15H,3-7,9H2,1-2H3,(H-,18,21,23,24)/b17-8-/t13-,15?/m1/s1. The molecule has 2 fully saturated rings. The molecule has 3 aliphatic rings. The number of nitrogens with one attached hydrogen (secondary N) is 1. The van der Waals surface area contributed by atoms with E-state index in [1.54, 1.807) is 0 Å². The topological polar surface area (TPSA) is 111 Å². The second kappa shape index (κ2) is 7.28. The monoisotopic (exact) mass is 382 g/mol. The Morgan fingerprint density at radius 1 is 1.46 bits per heavy atom. The zero-order chi connectivity index (χ0) is 18.9. The van der Waals surface area contributed by atoms with Crippen molar-refractivity contribution in [3.63, 3.8) is 0 Å². The van der Waals surface area contributed by atoms with Crippen molar-refractivity contribution in [2.24, 2.45) is 5.16 Å². The highest BCUT2D eigenvalue weighted by molar-refractivity contribution is 8.00. The van der Waals surface area contributed by atoms with Crippen LogP contribution in [0.25, 0.3) is 0 Å². The lowest BCUT2D eigenvalue weighted by atomic mass is 10.1. The number of thioether (sulfide) groups is 1.